The molecule has 2 aromatic rings. The van der Waals surface area contributed by atoms with Gasteiger partial charge in [0.2, 0.25) is 0 Å². The third-order valence-corrected chi connectivity index (χ3v) is 22.1. The first-order chi connectivity index (χ1) is 14.2. The van der Waals surface area contributed by atoms with Gasteiger partial charge in [0.25, 0.3) is 0 Å². The minimum absolute atomic E-state index is 0.260. The molecule has 0 spiro atoms. The van der Waals surface area contributed by atoms with Gasteiger partial charge < -0.3 is 0 Å². The Morgan fingerprint density at radius 1 is 0.966 bits per heavy atom. The van der Waals surface area contributed by atoms with E-state index in [1.807, 2.05) is 7.11 Å². The van der Waals surface area contributed by atoms with Gasteiger partial charge in [-0.2, -0.15) is 0 Å². The maximum atomic E-state index is 12.2. The first-order valence-electron chi connectivity index (χ1n) is 10.6. The van der Waals surface area contributed by atoms with E-state index in [0.717, 1.165) is 18.4 Å². The van der Waals surface area contributed by atoms with Gasteiger partial charge in [-0.15, -0.1) is 0 Å². The van der Waals surface area contributed by atoms with E-state index in [4.69, 9.17) is 9.47 Å². The number of ether oxygens (including phenoxy) is 2. The molecule has 3 nitrogen and oxygen atoms in total. The molecule has 0 N–H and O–H groups in total. The molecule has 4 atom stereocenters. The Hall–Kier alpha value is -1.59. The van der Waals surface area contributed by atoms with Crippen LogP contribution in [0.4, 0.5) is 0 Å². The summed E-state index contributed by atoms with van der Waals surface area (Å²) in [7, 11) is 3.29. The van der Waals surface area contributed by atoms with Crippen molar-refractivity contribution in [3.63, 3.8) is 0 Å². The van der Waals surface area contributed by atoms with Gasteiger partial charge in [0.15, 0.2) is 0 Å². The molecule has 2 aliphatic carbocycles. The molecular weight excluding hydrogens is 467 g/mol. The van der Waals surface area contributed by atoms with Crippen molar-refractivity contribution >= 4 is 31.5 Å². The summed E-state index contributed by atoms with van der Waals surface area (Å²) in [6, 6.07) is 21.9. The Balaban J connectivity index is 1.94. The second-order valence-electron chi connectivity index (χ2n) is 8.44. The van der Waals surface area contributed by atoms with Crippen molar-refractivity contribution in [1.29, 1.82) is 0 Å². The number of benzene rings is 2. The number of carbonyl (C=O) groups is 1. The second-order valence-corrected chi connectivity index (χ2v) is 19.5. The van der Waals surface area contributed by atoms with Crippen LogP contribution in [-0.4, -0.2) is 45.2 Å². The van der Waals surface area contributed by atoms with Crippen LogP contribution >= 0.6 is 0 Å². The molecule has 4 heteroatoms. The second kappa shape index (κ2) is 9.05. The van der Waals surface area contributed by atoms with Gasteiger partial charge >= 0.3 is 178 Å². The van der Waals surface area contributed by atoms with Gasteiger partial charge in [0.05, 0.1) is 0 Å². The number of rotatable bonds is 7. The predicted octanol–water partition coefficient (Wildman–Crippen LogP) is 3.58. The standard InChI is InChI=1S/C9H15O.2C6H5.C4H5O2.Sn/c1-10-6-9-5-7-2-3-8(9)4-7;2*1-2-4-6-5-3-1;1-3-4(5)6-2;/h5,7-9H,2-4,6H2,1H3;2*1-5H;1,3H,2H3;/t7-,8+,9+;;;;/m0..../s1. The summed E-state index contributed by atoms with van der Waals surface area (Å²) in [5, 5.41) is 0. The van der Waals surface area contributed by atoms with E-state index in [9.17, 15) is 4.79 Å². The summed E-state index contributed by atoms with van der Waals surface area (Å²) < 4.78 is 16.5. The molecule has 0 saturated heterocycles. The van der Waals surface area contributed by atoms with Crippen molar-refractivity contribution in [2.45, 2.75) is 23.2 Å². The van der Waals surface area contributed by atoms with Crippen LogP contribution in [0.1, 0.15) is 19.3 Å². The zero-order chi connectivity index (χ0) is 20.3. The Kier molecular flexibility index (Phi) is 6.45. The Morgan fingerprint density at radius 2 is 1.55 bits per heavy atom. The topological polar surface area (TPSA) is 35.5 Å². The summed E-state index contributed by atoms with van der Waals surface area (Å²) in [6.45, 7) is 0.816. The molecule has 0 heterocycles. The van der Waals surface area contributed by atoms with Crippen LogP contribution in [0.15, 0.2) is 70.8 Å². The fourth-order valence-electron chi connectivity index (χ4n) is 6.10. The van der Waals surface area contributed by atoms with Crippen LogP contribution in [0.25, 0.3) is 0 Å². The van der Waals surface area contributed by atoms with Crippen LogP contribution < -0.4 is 7.16 Å². The van der Waals surface area contributed by atoms with E-state index in [-0.39, 0.29) is 5.97 Å². The Labute approximate surface area is 178 Å². The summed E-state index contributed by atoms with van der Waals surface area (Å²) >= 11 is -3.44. The van der Waals surface area contributed by atoms with Gasteiger partial charge in [0.1, 0.15) is 0 Å². The van der Waals surface area contributed by atoms with Crippen molar-refractivity contribution < 1.29 is 14.3 Å². The van der Waals surface area contributed by atoms with Gasteiger partial charge in [-0.1, -0.05) is 0 Å². The number of esters is 1. The van der Waals surface area contributed by atoms with Gasteiger partial charge in [-0.05, 0) is 0 Å². The van der Waals surface area contributed by atoms with Crippen molar-refractivity contribution in [3.05, 3.63) is 70.8 Å². The molecule has 4 rings (SSSR count). The van der Waals surface area contributed by atoms with Crippen LogP contribution in [-0.2, 0) is 14.3 Å². The van der Waals surface area contributed by atoms with Crippen LogP contribution in [0.3, 0.4) is 0 Å². The van der Waals surface area contributed by atoms with Crippen molar-refractivity contribution in [2.24, 2.45) is 17.8 Å². The number of fused-ring (bicyclic) bond motifs is 2. The van der Waals surface area contributed by atoms with Crippen LogP contribution in [0.5, 0.6) is 0 Å². The first kappa shape index (κ1) is 20.7. The van der Waals surface area contributed by atoms with E-state index in [2.05, 4.69) is 64.8 Å². The molecule has 2 saturated carbocycles. The van der Waals surface area contributed by atoms with Gasteiger partial charge in [-0.3, -0.25) is 0 Å². The molecular formula is C25H30O3Sn. The Morgan fingerprint density at radius 3 is 2.10 bits per heavy atom. The average molecular weight is 497 g/mol. The molecule has 0 aromatic heterocycles. The third kappa shape index (κ3) is 3.79. The molecule has 0 aliphatic heterocycles. The van der Waals surface area contributed by atoms with Gasteiger partial charge in [-0.25, -0.2) is 0 Å². The van der Waals surface area contributed by atoms with Crippen LogP contribution in [0.2, 0.25) is 3.93 Å². The summed E-state index contributed by atoms with van der Waals surface area (Å²) in [6.07, 6.45) is 5.65. The summed E-state index contributed by atoms with van der Waals surface area (Å²) in [5.41, 5.74) is 0. The number of carbonyl (C=O) groups excluding carboxylic acids is 1. The molecule has 0 amide bonds. The van der Waals surface area contributed by atoms with E-state index >= 15 is 0 Å². The average Bonchev–Trinajstić information content (AvgIpc) is 3.38. The zero-order valence-corrected chi connectivity index (χ0v) is 20.1. The van der Waals surface area contributed by atoms with Gasteiger partial charge in [0, 0.05) is 0 Å². The summed E-state index contributed by atoms with van der Waals surface area (Å²) in [5.74, 6) is 1.78. The fraction of sp³-hybridized carbons (Fsp3) is 0.400. The fourth-order valence-corrected chi connectivity index (χ4v) is 22.3. The molecule has 0 radical (unpaired) electrons. The summed E-state index contributed by atoms with van der Waals surface area (Å²) in [4.78, 5) is 12.2. The van der Waals surface area contributed by atoms with E-state index in [1.165, 1.54) is 33.5 Å². The first-order valence-corrected chi connectivity index (χ1v) is 16.7. The zero-order valence-electron chi connectivity index (χ0n) is 17.3. The minimum atomic E-state index is -3.44. The van der Waals surface area contributed by atoms with Crippen molar-refractivity contribution in [2.75, 3.05) is 20.8 Å². The normalized spacial score (nSPS) is 26.1. The van der Waals surface area contributed by atoms with E-state index < -0.39 is 18.4 Å². The molecule has 2 aliphatic rings. The molecule has 2 aromatic carbocycles. The van der Waals surface area contributed by atoms with E-state index in [1.54, 1.807) is 6.08 Å². The maximum absolute atomic E-state index is 12.2. The van der Waals surface area contributed by atoms with Crippen LogP contribution in [0, 0.1) is 17.8 Å². The number of hydrogen-bond acceptors (Lipinski definition) is 3. The molecule has 2 fully saturated rings. The predicted molar refractivity (Wildman–Crippen MR) is 119 cm³/mol. The van der Waals surface area contributed by atoms with Crippen molar-refractivity contribution in [3.8, 4) is 0 Å². The third-order valence-electron chi connectivity index (χ3n) is 7.16. The molecule has 29 heavy (non-hydrogen) atoms. The van der Waals surface area contributed by atoms with E-state index in [0.29, 0.717) is 9.85 Å². The molecule has 2 bridgehead atoms. The number of hydrogen-bond donors (Lipinski definition) is 0. The number of methoxy groups -OCH3 is 2. The SMILES string of the molecule is COC[C@@H]1[C@@H]2CC[C@@H](C2)[C@H]1[Sn](/[CH]=C\C(=O)OC)([c]1ccccc1)[c]1ccccc1. The monoisotopic (exact) mass is 498 g/mol. The van der Waals surface area contributed by atoms with Crippen molar-refractivity contribution in [1.82, 2.24) is 0 Å². The Bertz CT molecular complexity index is 809. The molecule has 152 valence electrons. The quantitative estimate of drug-likeness (QED) is 0.334. The molecule has 0 unspecified atom stereocenters.